The molecule has 0 N–H and O–H groups in total. The summed E-state index contributed by atoms with van der Waals surface area (Å²) in [5.41, 5.74) is -0.198. The van der Waals surface area contributed by atoms with Crippen molar-refractivity contribution in [3.05, 3.63) is 64.8 Å². The Bertz CT molecular complexity index is 551. The predicted molar refractivity (Wildman–Crippen MR) is 67.2 cm³/mol. The molecule has 1 heterocycles. The number of nitrogens with zero attached hydrogens (tertiary/aromatic N) is 1. The van der Waals surface area contributed by atoms with Crippen LogP contribution in [0.2, 0.25) is 0 Å². The van der Waals surface area contributed by atoms with Gasteiger partial charge in [-0.1, -0.05) is 18.2 Å². The molecule has 0 aliphatic carbocycles. The average Bonchev–Trinajstić information content (AvgIpc) is 2.40. The normalized spacial score (nSPS) is 10.3. The number of para-hydroxylation sites is 1. The second-order valence-corrected chi connectivity index (χ2v) is 3.89. The maximum absolute atomic E-state index is 12.9. The Morgan fingerprint density at radius 3 is 2.67 bits per heavy atom. The lowest BCUT2D eigenvalue weighted by Crippen LogP contribution is -2.20. The van der Waals surface area contributed by atoms with Crippen LogP contribution < -0.4 is 10.3 Å². The number of halogens is 1. The smallest absolute Gasteiger partial charge is 0.250 e. The molecule has 0 aliphatic rings. The van der Waals surface area contributed by atoms with E-state index in [4.69, 9.17) is 4.74 Å². The van der Waals surface area contributed by atoms with Crippen molar-refractivity contribution in [3.8, 4) is 5.75 Å². The van der Waals surface area contributed by atoms with Gasteiger partial charge in [0.1, 0.15) is 11.6 Å². The number of hydrogen-bond acceptors (Lipinski definition) is 2. The fraction of sp³-hybridized carbons (Fsp3) is 0.214. The molecule has 94 valence electrons. The molecule has 2 aromatic rings. The van der Waals surface area contributed by atoms with Gasteiger partial charge in [0, 0.05) is 18.8 Å². The summed E-state index contributed by atoms with van der Waals surface area (Å²) in [5.74, 6) is 0.391. The quantitative estimate of drug-likeness (QED) is 0.760. The largest absolute Gasteiger partial charge is 0.494 e. The number of aromatic nitrogens is 1. The number of hydrogen-bond donors (Lipinski definition) is 0. The molecule has 0 saturated carbocycles. The average molecular weight is 247 g/mol. The van der Waals surface area contributed by atoms with Gasteiger partial charge in [-0.15, -0.1) is 0 Å². The van der Waals surface area contributed by atoms with Crippen molar-refractivity contribution in [2.75, 3.05) is 6.61 Å². The molecule has 0 unspecified atom stereocenters. The Balaban J connectivity index is 1.82. The Morgan fingerprint density at radius 2 is 1.89 bits per heavy atom. The van der Waals surface area contributed by atoms with E-state index in [0.717, 1.165) is 5.75 Å². The molecule has 2 rings (SSSR count). The van der Waals surface area contributed by atoms with E-state index < -0.39 is 5.82 Å². The minimum Gasteiger partial charge on any atom is -0.494 e. The third-order valence-electron chi connectivity index (χ3n) is 2.50. The maximum atomic E-state index is 12.9. The summed E-state index contributed by atoms with van der Waals surface area (Å²) in [7, 11) is 0. The van der Waals surface area contributed by atoms with Crippen molar-refractivity contribution in [1.29, 1.82) is 0 Å². The van der Waals surface area contributed by atoms with Gasteiger partial charge in [0.05, 0.1) is 6.61 Å². The molecule has 0 radical (unpaired) electrons. The van der Waals surface area contributed by atoms with Crippen LogP contribution in [0.4, 0.5) is 4.39 Å². The monoisotopic (exact) mass is 247 g/mol. The number of benzene rings is 1. The number of rotatable bonds is 5. The lowest BCUT2D eigenvalue weighted by molar-refractivity contribution is 0.300. The van der Waals surface area contributed by atoms with E-state index in [1.165, 1.54) is 22.9 Å². The van der Waals surface area contributed by atoms with Crippen molar-refractivity contribution >= 4 is 0 Å². The zero-order valence-electron chi connectivity index (χ0n) is 9.88. The first kappa shape index (κ1) is 12.4. The minimum atomic E-state index is -0.404. The van der Waals surface area contributed by atoms with Gasteiger partial charge in [-0.25, -0.2) is 4.39 Å². The summed E-state index contributed by atoms with van der Waals surface area (Å²) >= 11 is 0. The van der Waals surface area contributed by atoms with Crippen LogP contribution in [-0.4, -0.2) is 11.2 Å². The fourth-order valence-corrected chi connectivity index (χ4v) is 1.62. The van der Waals surface area contributed by atoms with E-state index >= 15 is 0 Å². The SMILES string of the molecule is O=c1ccc(F)cn1CCCOc1ccccc1. The molecule has 0 spiro atoms. The molecule has 0 aliphatic heterocycles. The van der Waals surface area contributed by atoms with Crippen molar-refractivity contribution < 1.29 is 9.13 Å². The summed E-state index contributed by atoms with van der Waals surface area (Å²) in [6.07, 6.45) is 1.86. The van der Waals surface area contributed by atoms with Crippen LogP contribution in [0.15, 0.2) is 53.5 Å². The molecule has 0 atom stereocenters. The van der Waals surface area contributed by atoms with Gasteiger partial charge < -0.3 is 9.30 Å². The highest BCUT2D eigenvalue weighted by Crippen LogP contribution is 2.08. The molecule has 18 heavy (non-hydrogen) atoms. The van der Waals surface area contributed by atoms with Gasteiger partial charge in [-0.2, -0.15) is 0 Å². The van der Waals surface area contributed by atoms with Gasteiger partial charge in [-0.05, 0) is 24.6 Å². The van der Waals surface area contributed by atoms with Crippen molar-refractivity contribution in [2.24, 2.45) is 0 Å². The summed E-state index contributed by atoms with van der Waals surface area (Å²) in [6.45, 7) is 0.941. The van der Waals surface area contributed by atoms with Crippen LogP contribution in [0.25, 0.3) is 0 Å². The Kier molecular flexibility index (Phi) is 4.12. The highest BCUT2D eigenvalue weighted by Gasteiger charge is 1.98. The second-order valence-electron chi connectivity index (χ2n) is 3.89. The van der Waals surface area contributed by atoms with E-state index in [2.05, 4.69) is 0 Å². The molecule has 1 aromatic heterocycles. The fourth-order valence-electron chi connectivity index (χ4n) is 1.62. The van der Waals surface area contributed by atoms with Crippen LogP contribution in [0.1, 0.15) is 6.42 Å². The zero-order chi connectivity index (χ0) is 12.8. The van der Waals surface area contributed by atoms with Gasteiger partial charge in [-0.3, -0.25) is 4.79 Å². The van der Waals surface area contributed by atoms with E-state index in [-0.39, 0.29) is 5.56 Å². The van der Waals surface area contributed by atoms with Gasteiger partial charge in [0.2, 0.25) is 0 Å². The van der Waals surface area contributed by atoms with Gasteiger partial charge >= 0.3 is 0 Å². The molecule has 0 saturated heterocycles. The van der Waals surface area contributed by atoms with Crippen LogP contribution in [0, 0.1) is 5.82 Å². The first-order valence-corrected chi connectivity index (χ1v) is 5.79. The third kappa shape index (κ3) is 3.45. The highest BCUT2D eigenvalue weighted by molar-refractivity contribution is 5.20. The van der Waals surface area contributed by atoms with Crippen LogP contribution in [-0.2, 0) is 6.54 Å². The molecule has 0 fully saturated rings. The van der Waals surface area contributed by atoms with Crippen molar-refractivity contribution in [3.63, 3.8) is 0 Å². The Hall–Kier alpha value is -2.10. The molecule has 0 bridgehead atoms. The number of ether oxygens (including phenoxy) is 1. The molecule has 3 nitrogen and oxygen atoms in total. The Labute approximate surface area is 104 Å². The van der Waals surface area contributed by atoms with E-state index in [9.17, 15) is 9.18 Å². The summed E-state index contributed by atoms with van der Waals surface area (Å²) in [6, 6.07) is 11.8. The zero-order valence-corrected chi connectivity index (χ0v) is 9.88. The Morgan fingerprint density at radius 1 is 1.11 bits per heavy atom. The predicted octanol–water partition coefficient (Wildman–Crippen LogP) is 2.46. The lowest BCUT2D eigenvalue weighted by Gasteiger charge is -2.07. The van der Waals surface area contributed by atoms with E-state index in [0.29, 0.717) is 19.6 Å². The highest BCUT2D eigenvalue weighted by atomic mass is 19.1. The first-order valence-electron chi connectivity index (χ1n) is 5.79. The minimum absolute atomic E-state index is 0.198. The molecular weight excluding hydrogens is 233 g/mol. The maximum Gasteiger partial charge on any atom is 0.250 e. The summed E-state index contributed by atoms with van der Waals surface area (Å²) in [5, 5.41) is 0. The van der Waals surface area contributed by atoms with Crippen molar-refractivity contribution in [1.82, 2.24) is 4.57 Å². The summed E-state index contributed by atoms with van der Waals surface area (Å²) in [4.78, 5) is 11.4. The van der Waals surface area contributed by atoms with Crippen LogP contribution >= 0.6 is 0 Å². The lowest BCUT2D eigenvalue weighted by atomic mass is 10.3. The summed E-state index contributed by atoms with van der Waals surface area (Å²) < 4.78 is 19.8. The number of aryl methyl sites for hydroxylation is 1. The van der Waals surface area contributed by atoms with E-state index in [1.54, 1.807) is 0 Å². The topological polar surface area (TPSA) is 31.2 Å². The molecular formula is C14H14FNO2. The molecule has 4 heteroatoms. The molecule has 1 aromatic carbocycles. The standard InChI is InChI=1S/C14H14FNO2/c15-12-7-8-14(17)16(11-12)9-4-10-18-13-5-2-1-3-6-13/h1-3,5-8,11H,4,9-10H2. The second kappa shape index (κ2) is 6.00. The van der Waals surface area contributed by atoms with Crippen molar-refractivity contribution in [2.45, 2.75) is 13.0 Å². The van der Waals surface area contributed by atoms with Crippen LogP contribution in [0.3, 0.4) is 0 Å². The third-order valence-corrected chi connectivity index (χ3v) is 2.50. The van der Waals surface area contributed by atoms with Gasteiger partial charge in [0.25, 0.3) is 5.56 Å². The molecule has 0 amide bonds. The van der Waals surface area contributed by atoms with Crippen LogP contribution in [0.5, 0.6) is 5.75 Å². The first-order chi connectivity index (χ1) is 8.75. The van der Waals surface area contributed by atoms with E-state index in [1.807, 2.05) is 30.3 Å². The van der Waals surface area contributed by atoms with Gasteiger partial charge in [0.15, 0.2) is 0 Å². The number of pyridine rings is 1.